The normalized spacial score (nSPS) is 16.7. The Morgan fingerprint density at radius 3 is 2.79 bits per heavy atom. The van der Waals surface area contributed by atoms with Crippen molar-refractivity contribution in [3.05, 3.63) is 32.9 Å². The number of aryl methyl sites for hydroxylation is 1. The summed E-state index contributed by atoms with van der Waals surface area (Å²) in [5, 5.41) is 7.71. The lowest BCUT2D eigenvalue weighted by molar-refractivity contribution is -0.739. The Hall–Kier alpha value is -1.44. The molecule has 0 saturated carbocycles. The van der Waals surface area contributed by atoms with Gasteiger partial charge >= 0.3 is 0 Å². The number of halogens is 2. The van der Waals surface area contributed by atoms with E-state index in [9.17, 15) is 8.42 Å². The molecular weight excluding hydrogens is 519 g/mol. The first-order valence-electron chi connectivity index (χ1n) is 8.63. The molecule has 0 amide bonds. The predicted molar refractivity (Wildman–Crippen MR) is 110 cm³/mol. The van der Waals surface area contributed by atoms with E-state index in [0.717, 1.165) is 5.56 Å². The number of piperidine rings is 1. The maximum absolute atomic E-state index is 13.2. The summed E-state index contributed by atoms with van der Waals surface area (Å²) in [6, 6.07) is 1.79. The fourth-order valence-electron chi connectivity index (χ4n) is 3.55. The molecule has 4 rings (SSSR count). The number of pyridine rings is 1. The molecule has 1 fully saturated rings. The molecule has 1 saturated heterocycles. The van der Waals surface area contributed by atoms with Gasteiger partial charge in [-0.3, -0.25) is 0 Å². The monoisotopic (exact) mass is 537 g/mol. The molecule has 28 heavy (non-hydrogen) atoms. The van der Waals surface area contributed by atoms with E-state index >= 15 is 0 Å². The molecule has 1 aliphatic rings. The van der Waals surface area contributed by atoms with Crippen LogP contribution in [0.5, 0.6) is 5.88 Å². The third kappa shape index (κ3) is 3.27. The van der Waals surface area contributed by atoms with Crippen LogP contribution in [-0.2, 0) is 17.1 Å². The minimum atomic E-state index is -3.67. The number of hydrogen-bond donors (Lipinski definition) is 1. The first-order valence-corrected chi connectivity index (χ1v) is 11.5. The summed E-state index contributed by atoms with van der Waals surface area (Å²) < 4.78 is 37.1. The summed E-state index contributed by atoms with van der Waals surface area (Å²) in [6.45, 7) is 0.819. The molecular formula is C16H19ClIN6O3S+. The van der Waals surface area contributed by atoms with Crippen LogP contribution in [0.4, 0.5) is 0 Å². The number of fused-ring (bicyclic) bond motifs is 1. The Balaban J connectivity index is 1.57. The van der Waals surface area contributed by atoms with Gasteiger partial charge < -0.3 is 4.74 Å². The van der Waals surface area contributed by atoms with Gasteiger partial charge in [-0.2, -0.15) is 9.40 Å². The summed E-state index contributed by atoms with van der Waals surface area (Å²) in [6.07, 6.45) is 4.72. The van der Waals surface area contributed by atoms with Crippen LogP contribution in [0.1, 0.15) is 24.3 Å². The first kappa shape index (κ1) is 19.9. The van der Waals surface area contributed by atoms with Gasteiger partial charge in [-0.25, -0.2) is 17.9 Å². The third-order valence-corrected chi connectivity index (χ3v) is 8.94. The molecule has 9 nitrogen and oxygen atoms in total. The number of aromatic nitrogens is 5. The molecule has 3 aromatic heterocycles. The number of H-pyrrole nitrogens is 1. The smallest absolute Gasteiger partial charge is 0.290 e. The summed E-state index contributed by atoms with van der Waals surface area (Å²) in [7, 11) is -0.466. The highest BCUT2D eigenvalue weighted by Gasteiger charge is 2.39. The summed E-state index contributed by atoms with van der Waals surface area (Å²) in [4.78, 5) is 4.31. The summed E-state index contributed by atoms with van der Waals surface area (Å²) >= 11 is 8.45. The average Bonchev–Trinajstić information content (AvgIpc) is 3.25. The fourth-order valence-corrected chi connectivity index (χ4v) is 6.71. The van der Waals surface area contributed by atoms with Gasteiger partial charge in [0.1, 0.15) is 6.33 Å². The minimum absolute atomic E-state index is 0.163. The number of methoxy groups -OCH3 is 1. The topological polar surface area (TPSA) is 96.5 Å². The second-order valence-electron chi connectivity index (χ2n) is 6.64. The van der Waals surface area contributed by atoms with E-state index in [1.54, 1.807) is 22.3 Å². The van der Waals surface area contributed by atoms with E-state index in [0.29, 0.717) is 40.3 Å². The lowest BCUT2D eigenvalue weighted by Gasteiger charge is -2.31. The zero-order chi connectivity index (χ0) is 20.1. The Labute approximate surface area is 180 Å². The standard InChI is InChI=1S/C16H18ClIN6O3S/c1-22-15(18)14(16(21-22)27-2)28(25,26)23-5-3-10(4-6-23)11-8-24-13(7-12(11)17)19-9-20-24/h7-10H,3-6H2,1-2H3/p+1. The van der Waals surface area contributed by atoms with Crippen LogP contribution < -0.4 is 9.42 Å². The molecule has 0 aliphatic carbocycles. The van der Waals surface area contributed by atoms with Gasteiger partial charge in [0.05, 0.1) is 7.11 Å². The van der Waals surface area contributed by atoms with E-state index in [1.807, 2.05) is 28.8 Å². The van der Waals surface area contributed by atoms with Gasteiger partial charge in [-0.1, -0.05) is 11.6 Å². The van der Waals surface area contributed by atoms with Gasteiger partial charge in [-0.15, -0.1) is 9.78 Å². The molecule has 0 aromatic carbocycles. The van der Waals surface area contributed by atoms with Gasteiger partial charge in [0.25, 0.3) is 19.6 Å². The van der Waals surface area contributed by atoms with Crippen molar-refractivity contribution in [2.75, 3.05) is 20.2 Å². The van der Waals surface area contributed by atoms with Crippen molar-refractivity contribution in [3.8, 4) is 5.88 Å². The highest BCUT2D eigenvalue weighted by molar-refractivity contribution is 14.1. The van der Waals surface area contributed by atoms with Crippen LogP contribution >= 0.6 is 34.2 Å². The van der Waals surface area contributed by atoms with Crippen molar-refractivity contribution in [1.29, 1.82) is 0 Å². The van der Waals surface area contributed by atoms with Gasteiger partial charge in [-0.05, 0) is 24.3 Å². The van der Waals surface area contributed by atoms with Crippen molar-refractivity contribution in [3.63, 3.8) is 0 Å². The number of sulfonamides is 1. The van der Waals surface area contributed by atoms with Crippen LogP contribution in [0, 0.1) is 3.70 Å². The molecule has 12 heteroatoms. The number of aromatic amines is 1. The molecule has 0 spiro atoms. The average molecular weight is 538 g/mol. The van der Waals surface area contributed by atoms with Gasteiger partial charge in [0.15, 0.2) is 12.7 Å². The summed E-state index contributed by atoms with van der Waals surface area (Å²) in [5.74, 6) is 0.407. The molecule has 0 unspecified atom stereocenters. The van der Waals surface area contributed by atoms with Crippen LogP contribution in [0.15, 0.2) is 23.5 Å². The van der Waals surface area contributed by atoms with Gasteiger partial charge in [0.2, 0.25) is 4.90 Å². The van der Waals surface area contributed by atoms with Crippen molar-refractivity contribution in [2.24, 2.45) is 7.05 Å². The van der Waals surface area contributed by atoms with Crippen LogP contribution in [0.3, 0.4) is 0 Å². The molecule has 0 bridgehead atoms. The maximum atomic E-state index is 13.2. The van der Waals surface area contributed by atoms with E-state index in [-0.39, 0.29) is 16.7 Å². The Morgan fingerprint density at radius 1 is 1.39 bits per heavy atom. The van der Waals surface area contributed by atoms with E-state index in [2.05, 4.69) is 15.2 Å². The number of rotatable bonds is 4. The Bertz CT molecular complexity index is 1140. The number of nitrogens with zero attached hydrogens (tertiary/aromatic N) is 5. The second-order valence-corrected chi connectivity index (χ2v) is 9.95. The fraction of sp³-hybridized carbons (Fsp3) is 0.438. The predicted octanol–water partition coefficient (Wildman–Crippen LogP) is 1.72. The third-order valence-electron chi connectivity index (χ3n) is 5.05. The zero-order valence-electron chi connectivity index (χ0n) is 15.3. The molecule has 1 N–H and O–H groups in total. The van der Waals surface area contributed by atoms with E-state index in [4.69, 9.17) is 16.3 Å². The van der Waals surface area contributed by atoms with Crippen LogP contribution in [0.25, 0.3) is 5.65 Å². The first-order chi connectivity index (χ1) is 13.3. The number of nitrogens with one attached hydrogen (secondary N) is 1. The van der Waals surface area contributed by atoms with Crippen molar-refractivity contribution >= 4 is 49.9 Å². The second kappa shape index (κ2) is 7.43. The Morgan fingerprint density at radius 2 is 2.11 bits per heavy atom. The maximum Gasteiger partial charge on any atom is 0.290 e. The SMILES string of the molecule is COc1[nH][n+](C)c(I)c1S(=O)(=O)N1CCC(c2cn3ncnc3cc2Cl)CC1. The highest BCUT2D eigenvalue weighted by atomic mass is 127. The quantitative estimate of drug-likeness (QED) is 0.404. The van der Waals surface area contributed by atoms with Crippen molar-refractivity contribution in [2.45, 2.75) is 23.7 Å². The summed E-state index contributed by atoms with van der Waals surface area (Å²) in [5.41, 5.74) is 1.66. The van der Waals surface area contributed by atoms with Crippen LogP contribution in [-0.4, -0.2) is 52.6 Å². The molecule has 150 valence electrons. The highest BCUT2D eigenvalue weighted by Crippen LogP contribution is 2.36. The Kier molecular flexibility index (Phi) is 5.27. The molecule has 3 aromatic rings. The van der Waals surface area contributed by atoms with Crippen molar-refractivity contribution < 1.29 is 17.8 Å². The number of ether oxygens (including phenoxy) is 1. The van der Waals surface area contributed by atoms with Crippen molar-refractivity contribution in [1.82, 2.24) is 24.0 Å². The number of hydrogen-bond acceptors (Lipinski definition) is 5. The lowest BCUT2D eigenvalue weighted by Crippen LogP contribution is -2.39. The van der Waals surface area contributed by atoms with Gasteiger partial charge in [0, 0.05) is 53.0 Å². The van der Waals surface area contributed by atoms with Crippen LogP contribution in [0.2, 0.25) is 5.02 Å². The molecule has 4 heterocycles. The molecule has 0 radical (unpaired) electrons. The molecule has 0 atom stereocenters. The molecule has 1 aliphatic heterocycles. The van der Waals surface area contributed by atoms with E-state index < -0.39 is 10.0 Å². The zero-order valence-corrected chi connectivity index (χ0v) is 19.0. The lowest BCUT2D eigenvalue weighted by atomic mass is 9.91. The largest absolute Gasteiger partial charge is 0.478 e. The minimum Gasteiger partial charge on any atom is -0.478 e. The van der Waals surface area contributed by atoms with E-state index in [1.165, 1.54) is 17.7 Å².